The van der Waals surface area contributed by atoms with Crippen LogP contribution in [0, 0.1) is 6.92 Å². The zero-order chi connectivity index (χ0) is 21.4. The molecule has 3 N–H and O–H groups in total. The summed E-state index contributed by atoms with van der Waals surface area (Å²) in [7, 11) is 1.29. The SMILES string of the molecule is COC(=O)CCNc1cc(C)nc(NC(=O)Nc2ccc(OC(F)(F)F)cc2)n1. The number of anilines is 3. The number of methoxy groups -OCH3 is 1. The Morgan fingerprint density at radius 3 is 2.41 bits per heavy atom. The zero-order valence-electron chi connectivity index (χ0n) is 15.5. The fraction of sp³-hybridized carbons (Fsp3) is 0.294. The van der Waals surface area contributed by atoms with Crippen molar-refractivity contribution >= 4 is 29.5 Å². The summed E-state index contributed by atoms with van der Waals surface area (Å²) >= 11 is 0. The standard InChI is InChI=1S/C17H18F3N5O4/c1-10-9-13(21-8-7-14(26)28-2)24-15(22-10)25-16(27)23-11-3-5-12(6-4-11)29-17(18,19)20/h3-6,9H,7-8H2,1-2H3,(H3,21,22,23,24,25,27). The van der Waals surface area contributed by atoms with Crippen LogP contribution in [0.1, 0.15) is 12.1 Å². The number of carbonyl (C=O) groups is 2. The highest BCUT2D eigenvalue weighted by atomic mass is 19.4. The maximum absolute atomic E-state index is 12.2. The van der Waals surface area contributed by atoms with Gasteiger partial charge in [-0.1, -0.05) is 0 Å². The maximum atomic E-state index is 12.2. The van der Waals surface area contributed by atoms with Gasteiger partial charge >= 0.3 is 18.4 Å². The highest BCUT2D eigenvalue weighted by molar-refractivity contribution is 5.98. The molecule has 1 heterocycles. The van der Waals surface area contributed by atoms with Crippen molar-refractivity contribution in [3.63, 3.8) is 0 Å². The smallest absolute Gasteiger partial charge is 0.469 e. The van der Waals surface area contributed by atoms with Crippen molar-refractivity contribution in [3.05, 3.63) is 36.0 Å². The van der Waals surface area contributed by atoms with Crippen LogP contribution < -0.4 is 20.7 Å². The predicted molar refractivity (Wildman–Crippen MR) is 97.7 cm³/mol. The fourth-order valence-corrected chi connectivity index (χ4v) is 2.11. The number of carbonyl (C=O) groups excluding carboxylic acids is 2. The lowest BCUT2D eigenvalue weighted by molar-refractivity contribution is -0.274. The largest absolute Gasteiger partial charge is 0.573 e. The molecule has 9 nitrogen and oxygen atoms in total. The Balaban J connectivity index is 1.93. The summed E-state index contributed by atoms with van der Waals surface area (Å²) in [5.41, 5.74) is 0.797. The Hall–Kier alpha value is -3.57. The molecule has 0 spiro atoms. The topological polar surface area (TPSA) is 114 Å². The van der Waals surface area contributed by atoms with E-state index in [0.717, 1.165) is 12.1 Å². The Morgan fingerprint density at radius 1 is 1.10 bits per heavy atom. The van der Waals surface area contributed by atoms with Gasteiger partial charge in [-0.25, -0.2) is 9.78 Å². The third kappa shape index (κ3) is 7.91. The van der Waals surface area contributed by atoms with Crippen LogP contribution in [-0.4, -0.2) is 42.0 Å². The van der Waals surface area contributed by atoms with Gasteiger partial charge in [0, 0.05) is 24.0 Å². The molecule has 1 aromatic carbocycles. The van der Waals surface area contributed by atoms with E-state index in [4.69, 9.17) is 0 Å². The average molecular weight is 413 g/mol. The lowest BCUT2D eigenvalue weighted by atomic mass is 10.3. The third-order valence-corrected chi connectivity index (χ3v) is 3.29. The minimum absolute atomic E-state index is 0.0000861. The number of nitrogens with zero attached hydrogens (tertiary/aromatic N) is 2. The summed E-state index contributed by atoms with van der Waals surface area (Å²) in [6.07, 6.45) is -4.66. The number of halogens is 3. The lowest BCUT2D eigenvalue weighted by Crippen LogP contribution is -2.21. The third-order valence-electron chi connectivity index (χ3n) is 3.29. The van der Waals surface area contributed by atoms with E-state index in [1.165, 1.54) is 19.2 Å². The summed E-state index contributed by atoms with van der Waals surface area (Å²) in [5, 5.41) is 7.77. The average Bonchev–Trinajstić information content (AvgIpc) is 2.61. The predicted octanol–water partition coefficient (Wildman–Crippen LogP) is 3.30. The van der Waals surface area contributed by atoms with Crippen LogP contribution in [0.4, 0.5) is 35.4 Å². The highest BCUT2D eigenvalue weighted by Gasteiger charge is 2.30. The second-order valence-corrected chi connectivity index (χ2v) is 5.62. The molecular formula is C17H18F3N5O4. The van der Waals surface area contributed by atoms with Gasteiger partial charge in [-0.2, -0.15) is 4.98 Å². The summed E-state index contributed by atoms with van der Waals surface area (Å²) < 4.78 is 44.7. The Labute approximate surface area is 163 Å². The van der Waals surface area contributed by atoms with Crippen molar-refractivity contribution in [1.82, 2.24) is 9.97 Å². The zero-order valence-corrected chi connectivity index (χ0v) is 15.5. The molecule has 12 heteroatoms. The number of aromatic nitrogens is 2. The first-order valence-electron chi connectivity index (χ1n) is 8.25. The quantitative estimate of drug-likeness (QED) is 0.597. The van der Waals surface area contributed by atoms with Crippen molar-refractivity contribution in [1.29, 1.82) is 0 Å². The number of hydrogen-bond donors (Lipinski definition) is 3. The molecule has 2 rings (SSSR count). The van der Waals surface area contributed by atoms with E-state index in [-0.39, 0.29) is 30.6 Å². The Morgan fingerprint density at radius 2 is 1.79 bits per heavy atom. The summed E-state index contributed by atoms with van der Waals surface area (Å²) in [6.45, 7) is 1.97. The second-order valence-electron chi connectivity index (χ2n) is 5.62. The molecule has 2 amide bonds. The molecular weight excluding hydrogens is 395 g/mol. The number of benzene rings is 1. The van der Waals surface area contributed by atoms with Gasteiger partial charge in [-0.3, -0.25) is 10.1 Å². The summed E-state index contributed by atoms with van der Waals surface area (Å²) in [4.78, 5) is 31.4. The first kappa shape index (κ1) is 21.7. The summed E-state index contributed by atoms with van der Waals surface area (Å²) in [5.74, 6) is -0.397. The first-order valence-corrected chi connectivity index (χ1v) is 8.25. The molecule has 0 aliphatic heterocycles. The number of aryl methyl sites for hydroxylation is 1. The number of amides is 2. The van der Waals surface area contributed by atoms with Crippen molar-refractivity contribution in [2.75, 3.05) is 29.6 Å². The van der Waals surface area contributed by atoms with E-state index in [1.54, 1.807) is 13.0 Å². The molecule has 0 atom stereocenters. The second kappa shape index (κ2) is 9.57. The Bertz CT molecular complexity index is 859. The van der Waals surface area contributed by atoms with Gasteiger partial charge in [0.05, 0.1) is 13.5 Å². The van der Waals surface area contributed by atoms with Crippen molar-refractivity contribution in [2.24, 2.45) is 0 Å². The van der Waals surface area contributed by atoms with E-state index in [1.807, 2.05) is 0 Å². The van der Waals surface area contributed by atoms with Gasteiger partial charge in [0.25, 0.3) is 0 Å². The number of rotatable bonds is 7. The fourth-order valence-electron chi connectivity index (χ4n) is 2.11. The Kier molecular flexibility index (Phi) is 7.17. The van der Waals surface area contributed by atoms with E-state index in [9.17, 15) is 22.8 Å². The molecule has 2 aromatic rings. The molecule has 1 aromatic heterocycles. The van der Waals surface area contributed by atoms with Crippen molar-refractivity contribution < 1.29 is 32.2 Å². The monoisotopic (exact) mass is 413 g/mol. The number of alkyl halides is 3. The number of nitrogens with one attached hydrogen (secondary N) is 3. The van der Waals surface area contributed by atoms with Crippen LogP contribution >= 0.6 is 0 Å². The van der Waals surface area contributed by atoms with E-state index in [0.29, 0.717) is 11.5 Å². The van der Waals surface area contributed by atoms with Gasteiger partial charge in [-0.15, -0.1) is 13.2 Å². The van der Waals surface area contributed by atoms with Crippen LogP contribution in [0.3, 0.4) is 0 Å². The first-order chi connectivity index (χ1) is 13.6. The van der Waals surface area contributed by atoms with Crippen LogP contribution in [-0.2, 0) is 9.53 Å². The normalized spacial score (nSPS) is 10.8. The lowest BCUT2D eigenvalue weighted by Gasteiger charge is -2.11. The number of ether oxygens (including phenoxy) is 2. The van der Waals surface area contributed by atoms with Crippen molar-refractivity contribution in [3.8, 4) is 5.75 Å². The number of esters is 1. The summed E-state index contributed by atoms with van der Waals surface area (Å²) in [6, 6.07) is 5.56. The molecule has 0 saturated carbocycles. The van der Waals surface area contributed by atoms with E-state index in [2.05, 4.69) is 35.4 Å². The minimum atomic E-state index is -4.79. The minimum Gasteiger partial charge on any atom is -0.469 e. The van der Waals surface area contributed by atoms with Gasteiger partial charge < -0.3 is 20.1 Å². The molecule has 0 fully saturated rings. The van der Waals surface area contributed by atoms with Gasteiger partial charge in [-0.05, 0) is 31.2 Å². The number of hydrogen-bond acceptors (Lipinski definition) is 7. The van der Waals surface area contributed by atoms with E-state index < -0.39 is 18.1 Å². The molecule has 0 aliphatic rings. The van der Waals surface area contributed by atoms with Gasteiger partial charge in [0.1, 0.15) is 11.6 Å². The van der Waals surface area contributed by atoms with Gasteiger partial charge in [0.2, 0.25) is 5.95 Å². The molecule has 0 bridgehead atoms. The van der Waals surface area contributed by atoms with E-state index >= 15 is 0 Å². The maximum Gasteiger partial charge on any atom is 0.573 e. The highest BCUT2D eigenvalue weighted by Crippen LogP contribution is 2.24. The van der Waals surface area contributed by atoms with Crippen LogP contribution in [0.15, 0.2) is 30.3 Å². The molecule has 0 saturated heterocycles. The molecule has 0 unspecified atom stereocenters. The molecule has 29 heavy (non-hydrogen) atoms. The molecule has 156 valence electrons. The van der Waals surface area contributed by atoms with Gasteiger partial charge in [0.15, 0.2) is 0 Å². The molecule has 0 radical (unpaired) electrons. The van der Waals surface area contributed by atoms with Crippen LogP contribution in [0.25, 0.3) is 0 Å². The number of urea groups is 1. The van der Waals surface area contributed by atoms with Crippen LogP contribution in [0.5, 0.6) is 5.75 Å². The van der Waals surface area contributed by atoms with Crippen molar-refractivity contribution in [2.45, 2.75) is 19.7 Å². The molecule has 0 aliphatic carbocycles. The van der Waals surface area contributed by atoms with Crippen LogP contribution in [0.2, 0.25) is 0 Å².